The van der Waals surface area contributed by atoms with Crippen LogP contribution in [0.4, 0.5) is 4.79 Å². The molecular weight excluding hydrogens is 372 g/mol. The quantitative estimate of drug-likeness (QED) is 0.406. The molecule has 0 spiro atoms. The Kier molecular flexibility index (Phi) is 8.28. The number of amides is 1. The maximum atomic E-state index is 12.0. The number of likely N-dealkylation sites (tertiary alicyclic amines) is 1. The molecule has 0 saturated carbocycles. The Balaban J connectivity index is 1.81. The van der Waals surface area contributed by atoms with Gasteiger partial charge in [-0.05, 0) is 40.5 Å². The van der Waals surface area contributed by atoms with Crippen LogP contribution in [0.15, 0.2) is 9.52 Å². The molecule has 0 aliphatic carbocycles. The van der Waals surface area contributed by atoms with Gasteiger partial charge in [-0.3, -0.25) is 4.99 Å². The Bertz CT molecular complexity index is 680. The second-order valence-corrected chi connectivity index (χ2v) is 8.62. The summed E-state index contributed by atoms with van der Waals surface area (Å²) in [6.07, 6.45) is 2.04. The van der Waals surface area contributed by atoms with Crippen LogP contribution < -0.4 is 10.6 Å². The number of nitrogens with one attached hydrogen (secondary N) is 2. The van der Waals surface area contributed by atoms with Crippen molar-refractivity contribution in [3.8, 4) is 0 Å². The van der Waals surface area contributed by atoms with Crippen LogP contribution in [0.1, 0.15) is 72.0 Å². The fourth-order valence-electron chi connectivity index (χ4n) is 2.99. The highest BCUT2D eigenvalue weighted by Gasteiger charge is 2.27. The summed E-state index contributed by atoms with van der Waals surface area (Å²) < 4.78 is 10.6. The number of aromatic nitrogens is 2. The molecule has 1 aromatic rings. The first kappa shape index (κ1) is 23.0. The number of hydrogen-bond donors (Lipinski definition) is 2. The smallest absolute Gasteiger partial charge is 0.407 e. The van der Waals surface area contributed by atoms with Crippen LogP contribution in [0.5, 0.6) is 0 Å². The van der Waals surface area contributed by atoms with E-state index in [2.05, 4.69) is 25.7 Å². The van der Waals surface area contributed by atoms with Gasteiger partial charge in [0.15, 0.2) is 11.8 Å². The highest BCUT2D eigenvalue weighted by atomic mass is 16.6. The van der Waals surface area contributed by atoms with Crippen LogP contribution in [0, 0.1) is 0 Å². The molecule has 9 heteroatoms. The van der Waals surface area contributed by atoms with Gasteiger partial charge < -0.3 is 24.8 Å². The van der Waals surface area contributed by atoms with Gasteiger partial charge in [0.25, 0.3) is 0 Å². The third kappa shape index (κ3) is 7.91. The zero-order valence-corrected chi connectivity index (χ0v) is 18.6. The zero-order chi connectivity index (χ0) is 21.4. The SMILES string of the molecule is CCNC(=NCCCc1nc(C(C)C)no1)N1CCC(NC(=O)OC(C)(C)C)C1. The van der Waals surface area contributed by atoms with E-state index in [-0.39, 0.29) is 18.1 Å². The van der Waals surface area contributed by atoms with Crippen LogP contribution in [0.25, 0.3) is 0 Å². The predicted molar refractivity (Wildman–Crippen MR) is 112 cm³/mol. The number of rotatable bonds is 7. The van der Waals surface area contributed by atoms with Crippen molar-refractivity contribution < 1.29 is 14.1 Å². The summed E-state index contributed by atoms with van der Waals surface area (Å²) in [5, 5.41) is 10.3. The molecule has 2 rings (SSSR count). The summed E-state index contributed by atoms with van der Waals surface area (Å²) in [6.45, 7) is 14.7. The lowest BCUT2D eigenvalue weighted by molar-refractivity contribution is 0.0507. The average Bonchev–Trinajstić information content (AvgIpc) is 3.25. The molecule has 0 aromatic carbocycles. The second kappa shape index (κ2) is 10.5. The Morgan fingerprint density at radius 3 is 2.79 bits per heavy atom. The second-order valence-electron chi connectivity index (χ2n) is 8.62. The Morgan fingerprint density at radius 1 is 1.41 bits per heavy atom. The van der Waals surface area contributed by atoms with Crippen molar-refractivity contribution in [1.29, 1.82) is 0 Å². The van der Waals surface area contributed by atoms with Gasteiger partial charge in [0.2, 0.25) is 5.89 Å². The van der Waals surface area contributed by atoms with E-state index >= 15 is 0 Å². The van der Waals surface area contributed by atoms with Crippen molar-refractivity contribution in [1.82, 2.24) is 25.7 Å². The third-order valence-electron chi connectivity index (χ3n) is 4.35. The lowest BCUT2D eigenvalue weighted by Crippen LogP contribution is -2.44. The molecule has 2 heterocycles. The molecular formula is C20H36N6O3. The molecule has 1 unspecified atom stereocenters. The largest absolute Gasteiger partial charge is 0.444 e. The number of carbonyl (C=O) groups is 1. The summed E-state index contributed by atoms with van der Waals surface area (Å²) >= 11 is 0. The molecule has 164 valence electrons. The van der Waals surface area contributed by atoms with Crippen molar-refractivity contribution in [3.05, 3.63) is 11.7 Å². The van der Waals surface area contributed by atoms with Crippen LogP contribution in [-0.2, 0) is 11.2 Å². The maximum Gasteiger partial charge on any atom is 0.407 e. The maximum absolute atomic E-state index is 12.0. The molecule has 0 radical (unpaired) electrons. The van der Waals surface area contributed by atoms with Gasteiger partial charge in [-0.1, -0.05) is 19.0 Å². The van der Waals surface area contributed by atoms with Gasteiger partial charge in [-0.25, -0.2) is 4.79 Å². The molecule has 1 aromatic heterocycles. The molecule has 29 heavy (non-hydrogen) atoms. The molecule has 1 fully saturated rings. The number of alkyl carbamates (subject to hydrolysis) is 1. The molecule has 0 bridgehead atoms. The molecule has 9 nitrogen and oxygen atoms in total. The predicted octanol–water partition coefficient (Wildman–Crippen LogP) is 2.69. The highest BCUT2D eigenvalue weighted by molar-refractivity contribution is 5.80. The van der Waals surface area contributed by atoms with Crippen molar-refractivity contribution in [3.63, 3.8) is 0 Å². The Morgan fingerprint density at radius 2 is 2.17 bits per heavy atom. The third-order valence-corrected chi connectivity index (χ3v) is 4.35. The van der Waals surface area contributed by atoms with Gasteiger partial charge in [0.1, 0.15) is 5.60 Å². The van der Waals surface area contributed by atoms with Crippen LogP contribution in [0.3, 0.4) is 0 Å². The lowest BCUT2D eigenvalue weighted by Gasteiger charge is -2.23. The average molecular weight is 409 g/mol. The molecule has 1 atom stereocenters. The van der Waals surface area contributed by atoms with Gasteiger partial charge in [-0.15, -0.1) is 0 Å². The number of nitrogens with zero attached hydrogens (tertiary/aromatic N) is 4. The van der Waals surface area contributed by atoms with Crippen LogP contribution >= 0.6 is 0 Å². The number of guanidine groups is 1. The minimum atomic E-state index is -0.493. The van der Waals surface area contributed by atoms with E-state index in [1.165, 1.54) is 0 Å². The first-order valence-electron chi connectivity index (χ1n) is 10.5. The van der Waals surface area contributed by atoms with E-state index in [4.69, 9.17) is 14.3 Å². The van der Waals surface area contributed by atoms with E-state index in [9.17, 15) is 4.79 Å². The van der Waals surface area contributed by atoms with Crippen molar-refractivity contribution in [2.45, 2.75) is 78.4 Å². The van der Waals surface area contributed by atoms with Gasteiger partial charge in [-0.2, -0.15) is 4.98 Å². The van der Waals surface area contributed by atoms with E-state index in [0.717, 1.165) is 37.7 Å². The first-order valence-corrected chi connectivity index (χ1v) is 10.5. The lowest BCUT2D eigenvalue weighted by atomic mass is 10.2. The molecule has 1 saturated heterocycles. The van der Waals surface area contributed by atoms with Gasteiger partial charge in [0, 0.05) is 38.5 Å². The fraction of sp³-hybridized carbons (Fsp3) is 0.800. The normalized spacial score (nSPS) is 17.7. The van der Waals surface area contributed by atoms with Crippen LogP contribution in [-0.4, -0.2) is 64.9 Å². The summed E-state index contributed by atoms with van der Waals surface area (Å²) in [5.74, 6) is 2.55. The molecule has 2 N–H and O–H groups in total. The minimum Gasteiger partial charge on any atom is -0.444 e. The zero-order valence-electron chi connectivity index (χ0n) is 18.6. The van der Waals surface area contributed by atoms with E-state index in [0.29, 0.717) is 25.4 Å². The number of aliphatic imine (C=N–C) groups is 1. The number of ether oxygens (including phenoxy) is 1. The summed E-state index contributed by atoms with van der Waals surface area (Å²) in [5.41, 5.74) is -0.493. The summed E-state index contributed by atoms with van der Waals surface area (Å²) in [7, 11) is 0. The molecule has 1 amide bonds. The van der Waals surface area contributed by atoms with Crippen molar-refractivity contribution in [2.75, 3.05) is 26.2 Å². The van der Waals surface area contributed by atoms with E-state index < -0.39 is 5.60 Å². The van der Waals surface area contributed by atoms with Crippen molar-refractivity contribution >= 4 is 12.1 Å². The van der Waals surface area contributed by atoms with Gasteiger partial charge >= 0.3 is 6.09 Å². The minimum absolute atomic E-state index is 0.0570. The number of carbonyl (C=O) groups excluding carboxylic acids is 1. The van der Waals surface area contributed by atoms with E-state index in [1.54, 1.807) is 0 Å². The molecule has 1 aliphatic heterocycles. The summed E-state index contributed by atoms with van der Waals surface area (Å²) in [4.78, 5) is 23.3. The monoisotopic (exact) mass is 408 g/mol. The summed E-state index contributed by atoms with van der Waals surface area (Å²) in [6, 6.07) is 0.0570. The Labute approximate surface area is 173 Å². The van der Waals surface area contributed by atoms with Gasteiger partial charge in [0.05, 0.1) is 6.04 Å². The van der Waals surface area contributed by atoms with E-state index in [1.807, 2.05) is 41.5 Å². The highest BCUT2D eigenvalue weighted by Crippen LogP contribution is 2.13. The number of aryl methyl sites for hydroxylation is 1. The Hall–Kier alpha value is -2.32. The first-order chi connectivity index (χ1) is 13.7. The van der Waals surface area contributed by atoms with Crippen LogP contribution in [0.2, 0.25) is 0 Å². The topological polar surface area (TPSA) is 105 Å². The number of hydrogen-bond acceptors (Lipinski definition) is 6. The van der Waals surface area contributed by atoms with Crippen molar-refractivity contribution in [2.24, 2.45) is 4.99 Å². The molecule has 1 aliphatic rings. The standard InChI is InChI=1S/C20H36N6O3/c1-7-21-18(22-11-8-9-16-24-17(14(2)3)25-29-16)26-12-10-15(13-26)23-19(27)28-20(4,5)6/h14-15H,7-13H2,1-6H3,(H,21,22)(H,23,27). The fourth-order valence-corrected chi connectivity index (χ4v) is 2.99.